The van der Waals surface area contributed by atoms with Crippen LogP contribution in [0.15, 0.2) is 12.1 Å². The lowest BCUT2D eigenvalue weighted by Gasteiger charge is -2.29. The van der Waals surface area contributed by atoms with Gasteiger partial charge in [0.2, 0.25) is 0 Å². The molecule has 1 unspecified atom stereocenters. The van der Waals surface area contributed by atoms with Crippen molar-refractivity contribution in [3.8, 4) is 0 Å². The Morgan fingerprint density at radius 3 is 2.67 bits per heavy atom. The van der Waals surface area contributed by atoms with Gasteiger partial charge in [0.05, 0.1) is 0 Å². The number of anilines is 1. The SMILES string of the molecule is Cc1nc(N2CCCCCC2C)ccc1CNC(C)(C)C. The molecule has 1 saturated heterocycles. The van der Waals surface area contributed by atoms with E-state index >= 15 is 0 Å². The molecule has 0 amide bonds. The summed E-state index contributed by atoms with van der Waals surface area (Å²) in [7, 11) is 0. The van der Waals surface area contributed by atoms with Crippen LogP contribution in [0.25, 0.3) is 0 Å². The monoisotopic (exact) mass is 289 g/mol. The molecule has 1 N–H and O–H groups in total. The first-order chi connectivity index (χ1) is 9.87. The van der Waals surface area contributed by atoms with Gasteiger partial charge in [-0.1, -0.05) is 18.9 Å². The summed E-state index contributed by atoms with van der Waals surface area (Å²) in [6.07, 6.45) is 5.28. The maximum absolute atomic E-state index is 4.88. The van der Waals surface area contributed by atoms with Crippen LogP contribution in [0.3, 0.4) is 0 Å². The molecule has 0 aliphatic carbocycles. The second kappa shape index (κ2) is 6.78. The normalized spacial score (nSPS) is 20.4. The van der Waals surface area contributed by atoms with Crippen molar-refractivity contribution in [3.63, 3.8) is 0 Å². The Bertz CT molecular complexity index is 462. The summed E-state index contributed by atoms with van der Waals surface area (Å²) in [5, 5.41) is 3.54. The van der Waals surface area contributed by atoms with Crippen LogP contribution in [0, 0.1) is 6.92 Å². The minimum absolute atomic E-state index is 0.143. The van der Waals surface area contributed by atoms with Gasteiger partial charge in [0.1, 0.15) is 5.82 Å². The van der Waals surface area contributed by atoms with Gasteiger partial charge in [-0.25, -0.2) is 4.98 Å². The topological polar surface area (TPSA) is 28.2 Å². The van der Waals surface area contributed by atoms with Crippen LogP contribution in [0.5, 0.6) is 0 Å². The fraction of sp³-hybridized carbons (Fsp3) is 0.722. The lowest BCUT2D eigenvalue weighted by Crippen LogP contribution is -2.35. The molecule has 1 fully saturated rings. The van der Waals surface area contributed by atoms with E-state index in [9.17, 15) is 0 Å². The van der Waals surface area contributed by atoms with Gasteiger partial charge in [0.15, 0.2) is 0 Å². The van der Waals surface area contributed by atoms with Gasteiger partial charge in [-0.15, -0.1) is 0 Å². The zero-order valence-corrected chi connectivity index (χ0v) is 14.4. The summed E-state index contributed by atoms with van der Waals surface area (Å²) < 4.78 is 0. The molecule has 0 saturated carbocycles. The van der Waals surface area contributed by atoms with Crippen LogP contribution in [0.1, 0.15) is 64.6 Å². The summed E-state index contributed by atoms with van der Waals surface area (Å²) >= 11 is 0. The largest absolute Gasteiger partial charge is 0.354 e. The Kier molecular flexibility index (Phi) is 5.26. The van der Waals surface area contributed by atoms with E-state index in [1.807, 2.05) is 0 Å². The predicted octanol–water partition coefficient (Wildman–Crippen LogP) is 4.05. The number of aryl methyl sites for hydroxylation is 1. The first-order valence-electron chi connectivity index (χ1n) is 8.35. The second-order valence-electron chi connectivity index (χ2n) is 7.41. The minimum Gasteiger partial charge on any atom is -0.354 e. The van der Waals surface area contributed by atoms with Crippen molar-refractivity contribution < 1.29 is 0 Å². The number of hydrogen-bond donors (Lipinski definition) is 1. The molecule has 2 rings (SSSR count). The van der Waals surface area contributed by atoms with Gasteiger partial charge in [-0.05, 0) is 59.1 Å². The van der Waals surface area contributed by atoms with Gasteiger partial charge in [0, 0.05) is 30.4 Å². The van der Waals surface area contributed by atoms with Crippen molar-refractivity contribution in [2.24, 2.45) is 0 Å². The molecule has 3 heteroatoms. The second-order valence-corrected chi connectivity index (χ2v) is 7.41. The van der Waals surface area contributed by atoms with Crippen molar-refractivity contribution in [1.82, 2.24) is 10.3 Å². The standard InChI is InChI=1S/C18H31N3/c1-14-9-7-6-8-12-21(14)17-11-10-16(15(2)20-17)13-19-18(3,4)5/h10-11,14,19H,6-9,12-13H2,1-5H3. The molecule has 0 aromatic carbocycles. The van der Waals surface area contributed by atoms with Crippen LogP contribution < -0.4 is 10.2 Å². The average Bonchev–Trinajstić information content (AvgIpc) is 2.61. The van der Waals surface area contributed by atoms with Crippen molar-refractivity contribution in [1.29, 1.82) is 0 Å². The smallest absolute Gasteiger partial charge is 0.129 e. The average molecular weight is 289 g/mol. The van der Waals surface area contributed by atoms with E-state index in [0.29, 0.717) is 6.04 Å². The fourth-order valence-corrected chi connectivity index (χ4v) is 2.90. The summed E-state index contributed by atoms with van der Waals surface area (Å²) in [5.74, 6) is 1.15. The first kappa shape index (κ1) is 16.3. The van der Waals surface area contributed by atoms with Crippen molar-refractivity contribution in [2.45, 2.75) is 78.4 Å². The quantitative estimate of drug-likeness (QED) is 0.910. The van der Waals surface area contributed by atoms with Gasteiger partial charge < -0.3 is 10.2 Å². The summed E-state index contributed by atoms with van der Waals surface area (Å²) in [4.78, 5) is 7.36. The number of aromatic nitrogens is 1. The molecule has 2 heterocycles. The Morgan fingerprint density at radius 2 is 2.00 bits per heavy atom. The van der Waals surface area contributed by atoms with E-state index in [0.717, 1.165) is 24.6 Å². The molecule has 1 aliphatic heterocycles. The minimum atomic E-state index is 0.143. The molecule has 21 heavy (non-hydrogen) atoms. The van der Waals surface area contributed by atoms with E-state index in [1.165, 1.54) is 31.2 Å². The van der Waals surface area contributed by atoms with Gasteiger partial charge in [-0.3, -0.25) is 0 Å². The Hall–Kier alpha value is -1.09. The van der Waals surface area contributed by atoms with Gasteiger partial charge in [0.25, 0.3) is 0 Å². The van der Waals surface area contributed by atoms with Crippen LogP contribution in [-0.4, -0.2) is 23.1 Å². The Balaban J connectivity index is 2.10. The lowest BCUT2D eigenvalue weighted by molar-refractivity contribution is 0.423. The Morgan fingerprint density at radius 1 is 1.24 bits per heavy atom. The molecule has 0 bridgehead atoms. The first-order valence-corrected chi connectivity index (χ1v) is 8.35. The fourth-order valence-electron chi connectivity index (χ4n) is 2.90. The molecule has 0 spiro atoms. The third kappa shape index (κ3) is 4.70. The zero-order valence-electron chi connectivity index (χ0n) is 14.4. The van der Waals surface area contributed by atoms with E-state index in [-0.39, 0.29) is 5.54 Å². The highest BCUT2D eigenvalue weighted by atomic mass is 15.2. The molecule has 1 aromatic heterocycles. The zero-order chi connectivity index (χ0) is 15.5. The van der Waals surface area contributed by atoms with E-state index in [2.05, 4.69) is 57.0 Å². The van der Waals surface area contributed by atoms with Gasteiger partial charge >= 0.3 is 0 Å². The van der Waals surface area contributed by atoms with E-state index in [4.69, 9.17) is 4.98 Å². The predicted molar refractivity (Wildman–Crippen MR) is 90.8 cm³/mol. The molecular weight excluding hydrogens is 258 g/mol. The number of nitrogens with one attached hydrogen (secondary N) is 1. The molecule has 1 aromatic rings. The molecular formula is C18H31N3. The molecule has 118 valence electrons. The molecule has 1 atom stereocenters. The number of pyridine rings is 1. The van der Waals surface area contributed by atoms with Crippen molar-refractivity contribution in [2.75, 3.05) is 11.4 Å². The van der Waals surface area contributed by atoms with Crippen molar-refractivity contribution in [3.05, 3.63) is 23.4 Å². The van der Waals surface area contributed by atoms with Crippen LogP contribution in [-0.2, 0) is 6.54 Å². The molecule has 0 radical (unpaired) electrons. The molecule has 1 aliphatic rings. The summed E-state index contributed by atoms with van der Waals surface area (Å²) in [5.41, 5.74) is 2.60. The van der Waals surface area contributed by atoms with Crippen LogP contribution in [0.2, 0.25) is 0 Å². The summed E-state index contributed by atoms with van der Waals surface area (Å²) in [6, 6.07) is 5.06. The van der Waals surface area contributed by atoms with Gasteiger partial charge in [-0.2, -0.15) is 0 Å². The van der Waals surface area contributed by atoms with E-state index in [1.54, 1.807) is 0 Å². The highest BCUT2D eigenvalue weighted by molar-refractivity contribution is 5.43. The lowest BCUT2D eigenvalue weighted by atomic mass is 10.1. The maximum atomic E-state index is 4.88. The van der Waals surface area contributed by atoms with Crippen LogP contribution >= 0.6 is 0 Å². The van der Waals surface area contributed by atoms with Crippen LogP contribution in [0.4, 0.5) is 5.82 Å². The maximum Gasteiger partial charge on any atom is 0.129 e. The highest BCUT2D eigenvalue weighted by Gasteiger charge is 2.19. The number of rotatable bonds is 3. The Labute approximate surface area is 130 Å². The third-order valence-corrected chi connectivity index (χ3v) is 4.34. The van der Waals surface area contributed by atoms with Crippen molar-refractivity contribution >= 4 is 5.82 Å². The molecule has 3 nitrogen and oxygen atoms in total. The number of nitrogens with zero attached hydrogens (tertiary/aromatic N) is 2. The highest BCUT2D eigenvalue weighted by Crippen LogP contribution is 2.23. The number of hydrogen-bond acceptors (Lipinski definition) is 3. The summed E-state index contributed by atoms with van der Waals surface area (Å²) in [6.45, 7) is 13.1. The third-order valence-electron chi connectivity index (χ3n) is 4.34. The van der Waals surface area contributed by atoms with E-state index < -0.39 is 0 Å².